The predicted molar refractivity (Wildman–Crippen MR) is 119 cm³/mol. The number of ether oxygens (including phenoxy) is 1. The maximum absolute atomic E-state index is 14.1. The van der Waals surface area contributed by atoms with Crippen LogP contribution in [-0.4, -0.2) is 41.5 Å². The molecule has 0 saturated carbocycles. The fourth-order valence-electron chi connectivity index (χ4n) is 4.33. The Kier molecular flexibility index (Phi) is 7.18. The summed E-state index contributed by atoms with van der Waals surface area (Å²) in [6, 6.07) is 7.44. The summed E-state index contributed by atoms with van der Waals surface area (Å²) < 4.78 is 33.4. The molecule has 3 aromatic rings. The minimum atomic E-state index is -0.579. The molecule has 1 atom stereocenters. The van der Waals surface area contributed by atoms with Gasteiger partial charge in [-0.3, -0.25) is 9.69 Å². The van der Waals surface area contributed by atoms with Crippen LogP contribution < -0.4 is 10.5 Å². The number of rotatable bonds is 7. The first-order valence-corrected chi connectivity index (χ1v) is 10.2. The quantitative estimate of drug-likeness (QED) is 0.567. The Labute approximate surface area is 186 Å². The zero-order valence-corrected chi connectivity index (χ0v) is 18.1. The third-order valence-electron chi connectivity index (χ3n) is 5.88. The molecule has 1 aliphatic heterocycles. The molecule has 3 N–H and O–H groups in total. The van der Waals surface area contributed by atoms with Crippen molar-refractivity contribution in [3.63, 3.8) is 0 Å². The van der Waals surface area contributed by atoms with E-state index in [9.17, 15) is 13.6 Å². The van der Waals surface area contributed by atoms with Crippen molar-refractivity contribution in [3.05, 3.63) is 64.9 Å². The monoisotopic (exact) mass is 449 g/mol. The summed E-state index contributed by atoms with van der Waals surface area (Å²) in [6.45, 7) is 4.03. The number of nitrogens with one attached hydrogen (secondary N) is 1. The average Bonchev–Trinajstić information content (AvgIpc) is 3.13. The number of nitrogens with two attached hydrogens (primary N) is 1. The molecule has 8 heteroatoms. The lowest BCUT2D eigenvalue weighted by Crippen LogP contribution is -2.44. The topological polar surface area (TPSA) is 71.3 Å². The molecule has 0 aliphatic carbocycles. The zero-order chi connectivity index (χ0) is 21.3. The van der Waals surface area contributed by atoms with E-state index < -0.39 is 11.7 Å². The lowest BCUT2D eigenvalue weighted by molar-refractivity contribution is 0.0987. The number of H-pyrrole nitrogens is 1. The van der Waals surface area contributed by atoms with Crippen molar-refractivity contribution < 1.29 is 18.3 Å². The normalized spacial score (nSPS) is 15.4. The average molecular weight is 450 g/mol. The van der Waals surface area contributed by atoms with E-state index in [0.29, 0.717) is 24.2 Å². The second kappa shape index (κ2) is 9.66. The maximum Gasteiger partial charge on any atom is 0.249 e. The van der Waals surface area contributed by atoms with E-state index in [2.05, 4.69) is 16.8 Å². The first kappa shape index (κ1) is 23.0. The van der Waals surface area contributed by atoms with Crippen LogP contribution in [0.15, 0.2) is 36.5 Å². The zero-order valence-electron chi connectivity index (χ0n) is 17.3. The number of carbonyl (C=O) groups is 1. The van der Waals surface area contributed by atoms with Crippen LogP contribution in [0.2, 0.25) is 0 Å². The highest BCUT2D eigenvalue weighted by Crippen LogP contribution is 2.32. The molecule has 0 radical (unpaired) electrons. The van der Waals surface area contributed by atoms with Crippen molar-refractivity contribution in [2.24, 2.45) is 5.73 Å². The Bertz CT molecular complexity index is 1090. The van der Waals surface area contributed by atoms with Crippen LogP contribution in [-0.2, 0) is 12.8 Å². The van der Waals surface area contributed by atoms with Crippen LogP contribution in [0.4, 0.5) is 8.78 Å². The molecule has 0 bridgehead atoms. The molecule has 2 heterocycles. The number of aromatic amines is 1. The Morgan fingerprint density at radius 2 is 2.10 bits per heavy atom. The highest BCUT2D eigenvalue weighted by molar-refractivity contribution is 5.95. The predicted octanol–water partition coefficient (Wildman–Crippen LogP) is 4.23. The van der Waals surface area contributed by atoms with Gasteiger partial charge in [0.1, 0.15) is 12.4 Å². The molecular weight excluding hydrogens is 424 g/mol. The van der Waals surface area contributed by atoms with E-state index in [0.717, 1.165) is 42.4 Å². The van der Waals surface area contributed by atoms with Gasteiger partial charge in [0.15, 0.2) is 11.6 Å². The molecule has 0 spiro atoms. The summed E-state index contributed by atoms with van der Waals surface area (Å²) in [6.07, 6.45) is 4.14. The van der Waals surface area contributed by atoms with Crippen LogP contribution in [0.1, 0.15) is 34.8 Å². The number of aryl methyl sites for hydroxylation is 1. The number of amides is 1. The molecular formula is C23H26ClF2N3O2. The van der Waals surface area contributed by atoms with Crippen molar-refractivity contribution in [3.8, 4) is 5.75 Å². The Balaban J connectivity index is 0.00000272. The van der Waals surface area contributed by atoms with Crippen molar-refractivity contribution in [1.82, 2.24) is 9.88 Å². The Morgan fingerprint density at radius 3 is 2.84 bits per heavy atom. The lowest BCUT2D eigenvalue weighted by atomic mass is 9.95. The summed E-state index contributed by atoms with van der Waals surface area (Å²) in [5, 5.41) is 0.912. The number of halogens is 3. The van der Waals surface area contributed by atoms with Crippen molar-refractivity contribution >= 4 is 29.2 Å². The third-order valence-corrected chi connectivity index (χ3v) is 5.88. The summed E-state index contributed by atoms with van der Waals surface area (Å²) in [5.41, 5.74) is 8.35. The van der Waals surface area contributed by atoms with E-state index in [1.54, 1.807) is 12.1 Å². The van der Waals surface area contributed by atoms with E-state index >= 15 is 0 Å². The van der Waals surface area contributed by atoms with E-state index in [4.69, 9.17) is 10.5 Å². The number of primary amides is 1. The number of fused-ring (bicyclic) bond motifs is 2. The van der Waals surface area contributed by atoms with E-state index in [-0.39, 0.29) is 30.0 Å². The van der Waals surface area contributed by atoms with Crippen LogP contribution in [0.3, 0.4) is 0 Å². The number of nitrogens with zero attached hydrogens (tertiary/aromatic N) is 1. The van der Waals surface area contributed by atoms with Gasteiger partial charge in [-0.25, -0.2) is 8.78 Å². The second-order valence-electron chi connectivity index (χ2n) is 7.67. The molecule has 5 nitrogen and oxygen atoms in total. The molecule has 2 aromatic carbocycles. The van der Waals surface area contributed by atoms with Gasteiger partial charge in [-0.2, -0.15) is 0 Å². The minimum absolute atomic E-state index is 0. The molecule has 1 amide bonds. The summed E-state index contributed by atoms with van der Waals surface area (Å²) >= 11 is 0. The summed E-state index contributed by atoms with van der Waals surface area (Å²) in [4.78, 5) is 17.2. The number of carbonyl (C=O) groups excluding carboxylic acids is 1. The van der Waals surface area contributed by atoms with Gasteiger partial charge in [0, 0.05) is 34.3 Å². The molecule has 1 unspecified atom stereocenters. The molecule has 166 valence electrons. The van der Waals surface area contributed by atoms with E-state index in [1.165, 1.54) is 18.2 Å². The van der Waals surface area contributed by atoms with Crippen molar-refractivity contribution in [2.75, 3.05) is 19.7 Å². The highest BCUT2D eigenvalue weighted by atomic mass is 35.5. The Morgan fingerprint density at radius 1 is 1.29 bits per heavy atom. The summed E-state index contributed by atoms with van der Waals surface area (Å²) in [5.74, 6) is -1.15. The summed E-state index contributed by atoms with van der Waals surface area (Å²) in [7, 11) is 0. The third kappa shape index (κ3) is 4.67. The van der Waals surface area contributed by atoms with Gasteiger partial charge in [0.25, 0.3) is 0 Å². The van der Waals surface area contributed by atoms with Crippen LogP contribution in [0.5, 0.6) is 5.75 Å². The standard InChI is InChI=1S/C23H25F2N3O2.ClH/c1-2-28(9-3-4-14-12-27-21-8-5-15(24)10-18(14)21)16-11-19-17(23(26)29)6-7-20(25)22(19)30-13-16;/h5-8,10,12,16,27H,2-4,9,11,13H2,1H3,(H2,26,29);1H. The Hall–Kier alpha value is -2.64. The lowest BCUT2D eigenvalue weighted by Gasteiger charge is -2.35. The number of likely N-dealkylation sites (N-methyl/N-ethyl adjacent to an activating group) is 1. The smallest absolute Gasteiger partial charge is 0.249 e. The van der Waals surface area contributed by atoms with Gasteiger partial charge in [-0.05, 0) is 68.2 Å². The molecule has 31 heavy (non-hydrogen) atoms. The molecule has 0 saturated heterocycles. The van der Waals surface area contributed by atoms with Crippen LogP contribution in [0, 0.1) is 11.6 Å². The van der Waals surface area contributed by atoms with Gasteiger partial charge in [-0.1, -0.05) is 6.92 Å². The largest absolute Gasteiger partial charge is 0.489 e. The SMILES string of the molecule is CCN(CCCc1c[nH]c2ccc(F)cc12)C1COc2c(F)ccc(C(N)=O)c2C1.Cl. The number of hydrogen-bond acceptors (Lipinski definition) is 3. The van der Waals surface area contributed by atoms with Crippen molar-refractivity contribution in [1.29, 1.82) is 0 Å². The van der Waals surface area contributed by atoms with Gasteiger partial charge < -0.3 is 15.5 Å². The maximum atomic E-state index is 14.1. The van der Waals surface area contributed by atoms with E-state index in [1.807, 2.05) is 6.20 Å². The molecule has 4 rings (SSSR count). The molecule has 1 aliphatic rings. The first-order chi connectivity index (χ1) is 14.5. The first-order valence-electron chi connectivity index (χ1n) is 10.2. The minimum Gasteiger partial charge on any atom is -0.489 e. The fourth-order valence-corrected chi connectivity index (χ4v) is 4.33. The van der Waals surface area contributed by atoms with Gasteiger partial charge in [0.05, 0.1) is 0 Å². The van der Waals surface area contributed by atoms with Gasteiger partial charge in [-0.15, -0.1) is 12.4 Å². The van der Waals surface area contributed by atoms with Gasteiger partial charge >= 0.3 is 0 Å². The second-order valence-corrected chi connectivity index (χ2v) is 7.67. The fraction of sp³-hybridized carbons (Fsp3) is 0.348. The van der Waals surface area contributed by atoms with Crippen molar-refractivity contribution in [2.45, 2.75) is 32.2 Å². The highest BCUT2D eigenvalue weighted by Gasteiger charge is 2.29. The van der Waals surface area contributed by atoms with Crippen LogP contribution >= 0.6 is 12.4 Å². The molecule has 0 fully saturated rings. The van der Waals surface area contributed by atoms with Gasteiger partial charge in [0.2, 0.25) is 5.91 Å². The number of hydrogen-bond donors (Lipinski definition) is 2. The number of benzene rings is 2. The van der Waals surface area contributed by atoms with Crippen LogP contribution in [0.25, 0.3) is 10.9 Å². The molecule has 1 aromatic heterocycles. The number of aromatic nitrogens is 1.